The predicted octanol–water partition coefficient (Wildman–Crippen LogP) is 3.06. The van der Waals surface area contributed by atoms with Crippen molar-refractivity contribution in [2.24, 2.45) is 0 Å². The van der Waals surface area contributed by atoms with Gasteiger partial charge in [0.2, 0.25) is 0 Å². The fraction of sp³-hybridized carbons (Fsp3) is 0.438. The number of anilines is 1. The number of nitrogen functional groups attached to an aromatic ring is 1. The number of amides is 1. The van der Waals surface area contributed by atoms with Crippen LogP contribution in [0, 0.1) is 6.92 Å². The highest BCUT2D eigenvalue weighted by atomic mass is 16.6. The highest BCUT2D eigenvalue weighted by molar-refractivity contribution is 5.84. The maximum absolute atomic E-state index is 11.6. The van der Waals surface area contributed by atoms with Crippen molar-refractivity contribution in [2.75, 3.05) is 12.3 Å². The number of benzene rings is 1. The molecule has 0 bridgehead atoms. The van der Waals surface area contributed by atoms with Gasteiger partial charge in [0.25, 0.3) is 0 Å². The molecule has 1 heterocycles. The van der Waals surface area contributed by atoms with Gasteiger partial charge in [-0.25, -0.2) is 4.79 Å². The van der Waals surface area contributed by atoms with Crippen LogP contribution in [0.1, 0.15) is 26.3 Å². The Kier molecular flexibility index (Phi) is 4.11. The molecule has 0 spiro atoms. The molecule has 114 valence electrons. The van der Waals surface area contributed by atoms with E-state index >= 15 is 0 Å². The topological polar surface area (TPSA) is 69.3 Å². The van der Waals surface area contributed by atoms with Crippen LogP contribution in [0.3, 0.4) is 0 Å². The van der Waals surface area contributed by atoms with Gasteiger partial charge in [0.05, 0.1) is 5.52 Å². The molecule has 2 aromatic rings. The Morgan fingerprint density at radius 2 is 2.10 bits per heavy atom. The molecule has 1 aromatic heterocycles. The number of rotatable bonds is 3. The highest BCUT2D eigenvalue weighted by Gasteiger charge is 2.15. The van der Waals surface area contributed by atoms with E-state index in [0.717, 1.165) is 22.2 Å². The number of carbonyl (C=O) groups is 1. The summed E-state index contributed by atoms with van der Waals surface area (Å²) in [4.78, 5) is 11.6. The van der Waals surface area contributed by atoms with Crippen molar-refractivity contribution in [1.82, 2.24) is 9.88 Å². The number of aryl methyl sites for hydroxylation is 1. The molecular formula is C16H23N3O2. The van der Waals surface area contributed by atoms with Gasteiger partial charge in [0, 0.05) is 25.0 Å². The quantitative estimate of drug-likeness (QED) is 0.853. The maximum atomic E-state index is 11.6. The fourth-order valence-electron chi connectivity index (χ4n) is 2.16. The average molecular weight is 289 g/mol. The van der Waals surface area contributed by atoms with Gasteiger partial charge in [0.15, 0.2) is 0 Å². The molecule has 0 aliphatic carbocycles. The van der Waals surface area contributed by atoms with Gasteiger partial charge in [-0.2, -0.15) is 0 Å². The number of fused-ring (bicyclic) bond motifs is 1. The minimum absolute atomic E-state index is 0.394. The highest BCUT2D eigenvalue weighted by Crippen LogP contribution is 2.22. The van der Waals surface area contributed by atoms with Gasteiger partial charge >= 0.3 is 6.09 Å². The second-order valence-electron chi connectivity index (χ2n) is 6.21. The van der Waals surface area contributed by atoms with E-state index in [1.807, 2.05) is 40.0 Å². The van der Waals surface area contributed by atoms with Gasteiger partial charge in [-0.3, -0.25) is 0 Å². The molecule has 0 saturated heterocycles. The number of aromatic nitrogens is 1. The molecule has 0 unspecified atom stereocenters. The molecule has 1 aromatic carbocycles. The molecule has 5 nitrogen and oxygen atoms in total. The van der Waals surface area contributed by atoms with Crippen LogP contribution >= 0.6 is 0 Å². The number of nitrogens with zero attached hydrogens (tertiary/aromatic N) is 1. The number of hydrogen-bond acceptors (Lipinski definition) is 3. The van der Waals surface area contributed by atoms with Crippen LogP contribution in [-0.4, -0.2) is 22.8 Å². The van der Waals surface area contributed by atoms with Crippen molar-refractivity contribution in [3.8, 4) is 0 Å². The number of nitrogens with two attached hydrogens (primary N) is 1. The molecule has 21 heavy (non-hydrogen) atoms. The van der Waals surface area contributed by atoms with Crippen LogP contribution in [0.5, 0.6) is 0 Å². The summed E-state index contributed by atoms with van der Waals surface area (Å²) in [6.07, 6.45) is 1.61. The van der Waals surface area contributed by atoms with Crippen molar-refractivity contribution < 1.29 is 9.53 Å². The van der Waals surface area contributed by atoms with E-state index in [2.05, 4.69) is 22.0 Å². The van der Waals surface area contributed by atoms with Crippen molar-refractivity contribution in [3.63, 3.8) is 0 Å². The first-order valence-corrected chi connectivity index (χ1v) is 7.08. The van der Waals surface area contributed by atoms with E-state index in [4.69, 9.17) is 10.5 Å². The molecule has 0 fully saturated rings. The van der Waals surface area contributed by atoms with E-state index in [1.54, 1.807) is 0 Å². The summed E-state index contributed by atoms with van der Waals surface area (Å²) in [6.45, 7) is 8.71. The summed E-state index contributed by atoms with van der Waals surface area (Å²) in [6, 6.07) is 6.09. The lowest BCUT2D eigenvalue weighted by molar-refractivity contribution is 0.0526. The molecule has 0 aliphatic heterocycles. The van der Waals surface area contributed by atoms with E-state index in [0.29, 0.717) is 13.1 Å². The Bertz CT molecular complexity index is 653. The Morgan fingerprint density at radius 3 is 2.76 bits per heavy atom. The average Bonchev–Trinajstić information content (AvgIpc) is 2.70. The SMILES string of the molecule is Cc1cc2ccn(CCNC(=O)OC(C)(C)C)c2cc1N. The monoisotopic (exact) mass is 289 g/mol. The lowest BCUT2D eigenvalue weighted by atomic mass is 10.1. The van der Waals surface area contributed by atoms with Gasteiger partial charge in [0.1, 0.15) is 5.60 Å². The third-order valence-electron chi connectivity index (χ3n) is 3.18. The van der Waals surface area contributed by atoms with E-state index < -0.39 is 11.7 Å². The first-order chi connectivity index (χ1) is 9.76. The van der Waals surface area contributed by atoms with Crippen LogP contribution in [0.4, 0.5) is 10.5 Å². The molecule has 3 N–H and O–H groups in total. The molecular weight excluding hydrogens is 266 g/mol. The minimum atomic E-state index is -0.476. The third-order valence-corrected chi connectivity index (χ3v) is 3.18. The predicted molar refractivity (Wildman–Crippen MR) is 85.3 cm³/mol. The summed E-state index contributed by atoms with van der Waals surface area (Å²) in [7, 11) is 0. The van der Waals surface area contributed by atoms with Crippen molar-refractivity contribution in [2.45, 2.75) is 39.8 Å². The van der Waals surface area contributed by atoms with Crippen LogP contribution < -0.4 is 11.1 Å². The molecule has 2 rings (SSSR count). The van der Waals surface area contributed by atoms with Crippen molar-refractivity contribution in [3.05, 3.63) is 30.0 Å². The summed E-state index contributed by atoms with van der Waals surface area (Å²) < 4.78 is 7.27. The number of carbonyl (C=O) groups excluding carboxylic acids is 1. The number of ether oxygens (including phenoxy) is 1. The van der Waals surface area contributed by atoms with Crippen LogP contribution in [0.2, 0.25) is 0 Å². The summed E-state index contributed by atoms with van der Waals surface area (Å²) in [5, 5.41) is 3.91. The van der Waals surface area contributed by atoms with Gasteiger partial charge in [-0.1, -0.05) is 0 Å². The molecule has 1 amide bonds. The summed E-state index contributed by atoms with van der Waals surface area (Å²) in [5.74, 6) is 0. The van der Waals surface area contributed by atoms with Gasteiger partial charge < -0.3 is 20.4 Å². The van der Waals surface area contributed by atoms with Gasteiger partial charge in [-0.05, 0) is 56.8 Å². The normalized spacial score (nSPS) is 11.6. The zero-order valence-electron chi connectivity index (χ0n) is 13.1. The van der Waals surface area contributed by atoms with E-state index in [9.17, 15) is 4.79 Å². The molecule has 0 atom stereocenters. The maximum Gasteiger partial charge on any atom is 0.407 e. The van der Waals surface area contributed by atoms with Crippen molar-refractivity contribution >= 4 is 22.7 Å². The standard InChI is InChI=1S/C16H23N3O2/c1-11-9-12-5-7-19(14(12)10-13(11)17)8-6-18-15(20)21-16(2,3)4/h5,7,9-10H,6,8,17H2,1-4H3,(H,18,20). The largest absolute Gasteiger partial charge is 0.444 e. The Balaban J connectivity index is 1.98. The Labute approximate surface area is 125 Å². The molecule has 0 saturated carbocycles. The molecule has 5 heteroatoms. The zero-order chi connectivity index (χ0) is 15.6. The lowest BCUT2D eigenvalue weighted by Crippen LogP contribution is -2.34. The third kappa shape index (κ3) is 3.90. The number of hydrogen-bond donors (Lipinski definition) is 2. The number of nitrogens with one attached hydrogen (secondary N) is 1. The second kappa shape index (κ2) is 5.68. The number of alkyl carbamates (subject to hydrolysis) is 1. The summed E-state index contributed by atoms with van der Waals surface area (Å²) in [5.41, 5.74) is 8.41. The fourth-order valence-corrected chi connectivity index (χ4v) is 2.16. The summed E-state index contributed by atoms with van der Waals surface area (Å²) >= 11 is 0. The minimum Gasteiger partial charge on any atom is -0.444 e. The first kappa shape index (κ1) is 15.2. The van der Waals surface area contributed by atoms with E-state index in [1.165, 1.54) is 0 Å². The van der Waals surface area contributed by atoms with Crippen molar-refractivity contribution in [1.29, 1.82) is 0 Å². The van der Waals surface area contributed by atoms with Gasteiger partial charge in [-0.15, -0.1) is 0 Å². The first-order valence-electron chi connectivity index (χ1n) is 7.08. The zero-order valence-corrected chi connectivity index (χ0v) is 13.1. The smallest absolute Gasteiger partial charge is 0.407 e. The van der Waals surface area contributed by atoms with Crippen LogP contribution in [-0.2, 0) is 11.3 Å². The van der Waals surface area contributed by atoms with Crippen LogP contribution in [0.25, 0.3) is 10.9 Å². The van der Waals surface area contributed by atoms with Crippen LogP contribution in [0.15, 0.2) is 24.4 Å². The molecule has 0 radical (unpaired) electrons. The Morgan fingerprint density at radius 1 is 1.38 bits per heavy atom. The second-order valence-corrected chi connectivity index (χ2v) is 6.21. The molecule has 0 aliphatic rings. The lowest BCUT2D eigenvalue weighted by Gasteiger charge is -2.19. The van der Waals surface area contributed by atoms with E-state index in [-0.39, 0.29) is 0 Å². The Hall–Kier alpha value is -2.17.